The molecule has 0 bridgehead atoms. The van der Waals surface area contributed by atoms with Crippen LogP contribution < -0.4 is 16.5 Å². The molecule has 0 amide bonds. The van der Waals surface area contributed by atoms with Crippen molar-refractivity contribution in [2.45, 2.75) is 45.1 Å². The number of benzene rings is 1. The first-order valence-corrected chi connectivity index (χ1v) is 10.4. The summed E-state index contributed by atoms with van der Waals surface area (Å²) in [7, 11) is 1.50. The smallest absolute Gasteiger partial charge is 0.148 e. The van der Waals surface area contributed by atoms with Crippen molar-refractivity contribution in [3.63, 3.8) is 0 Å². The number of imidazole rings is 1. The van der Waals surface area contributed by atoms with E-state index in [1.807, 2.05) is 44.4 Å². The lowest BCUT2D eigenvalue weighted by Gasteiger charge is -2.40. The Morgan fingerprint density at radius 2 is 1.93 bits per heavy atom. The number of nitrogen functional groups attached to an aromatic ring is 1. The van der Waals surface area contributed by atoms with Crippen LogP contribution in [0.15, 0.2) is 48.9 Å². The molecule has 0 unspecified atom stereocenters. The minimum atomic E-state index is 0.0764. The molecule has 0 atom stereocenters. The number of nitrogens with two attached hydrogens (primary N) is 2. The van der Waals surface area contributed by atoms with Crippen molar-refractivity contribution in [3.8, 4) is 0 Å². The quantitative estimate of drug-likeness (QED) is 0.611. The fourth-order valence-corrected chi connectivity index (χ4v) is 4.38. The highest BCUT2D eigenvalue weighted by Gasteiger charge is 2.50. The van der Waals surface area contributed by atoms with Gasteiger partial charge in [-0.2, -0.15) is 0 Å². The Bertz CT molecular complexity index is 1020. The third-order valence-corrected chi connectivity index (χ3v) is 5.95. The van der Waals surface area contributed by atoms with Crippen molar-refractivity contribution in [2.75, 3.05) is 17.8 Å². The summed E-state index contributed by atoms with van der Waals surface area (Å²) in [6, 6.07) is 7.70. The van der Waals surface area contributed by atoms with Gasteiger partial charge in [-0.25, -0.2) is 9.66 Å². The molecule has 1 saturated carbocycles. The molecular formula is C22H29ClN6. The van der Waals surface area contributed by atoms with Crippen LogP contribution in [0.2, 0.25) is 5.02 Å². The molecule has 0 saturated heterocycles. The lowest BCUT2D eigenvalue weighted by molar-refractivity contribution is 0.301. The van der Waals surface area contributed by atoms with Crippen LogP contribution in [-0.4, -0.2) is 21.7 Å². The Labute approximate surface area is 177 Å². The van der Waals surface area contributed by atoms with Crippen molar-refractivity contribution in [1.82, 2.24) is 14.6 Å². The molecule has 1 aliphatic heterocycles. The van der Waals surface area contributed by atoms with Gasteiger partial charge in [0.1, 0.15) is 5.82 Å². The number of rotatable bonds is 2. The summed E-state index contributed by atoms with van der Waals surface area (Å²) < 4.78 is 1.64. The van der Waals surface area contributed by atoms with Crippen LogP contribution in [0.1, 0.15) is 44.5 Å². The molecule has 2 aliphatic rings. The van der Waals surface area contributed by atoms with E-state index in [1.165, 1.54) is 19.0 Å². The van der Waals surface area contributed by atoms with Gasteiger partial charge in [0.05, 0.1) is 29.5 Å². The SMILES string of the molecule is C=C1N(Cc2nc3cc(Cl)ccc3n2N)c2cnccc2C12CCC2.CC.CN. The van der Waals surface area contributed by atoms with Crippen LogP contribution in [-0.2, 0) is 12.0 Å². The number of allylic oxidation sites excluding steroid dienone is 1. The summed E-state index contributed by atoms with van der Waals surface area (Å²) in [5.41, 5.74) is 9.84. The lowest BCUT2D eigenvalue weighted by Crippen LogP contribution is -2.37. The van der Waals surface area contributed by atoms with E-state index in [0.717, 1.165) is 41.1 Å². The number of anilines is 1. The van der Waals surface area contributed by atoms with Gasteiger partial charge in [-0.1, -0.05) is 38.4 Å². The summed E-state index contributed by atoms with van der Waals surface area (Å²) in [5.74, 6) is 7.07. The molecule has 3 heterocycles. The maximum Gasteiger partial charge on any atom is 0.148 e. The molecule has 6 nitrogen and oxygen atoms in total. The second-order valence-corrected chi connectivity index (χ2v) is 7.33. The maximum atomic E-state index is 6.29. The molecular weight excluding hydrogens is 384 g/mol. The summed E-state index contributed by atoms with van der Waals surface area (Å²) in [6.45, 7) is 8.99. The normalized spacial score (nSPS) is 15.9. The molecule has 154 valence electrons. The van der Waals surface area contributed by atoms with E-state index >= 15 is 0 Å². The number of nitrogens with zero attached hydrogens (tertiary/aromatic N) is 4. The molecule has 4 N–H and O–H groups in total. The first-order valence-electron chi connectivity index (χ1n) is 10.0. The van der Waals surface area contributed by atoms with Crippen molar-refractivity contribution in [1.29, 1.82) is 0 Å². The zero-order valence-corrected chi connectivity index (χ0v) is 18.1. The molecule has 2 aromatic heterocycles. The predicted molar refractivity (Wildman–Crippen MR) is 121 cm³/mol. The number of hydrogen-bond donors (Lipinski definition) is 2. The van der Waals surface area contributed by atoms with Gasteiger partial charge in [-0.15, -0.1) is 0 Å². The highest BCUT2D eigenvalue weighted by atomic mass is 35.5. The van der Waals surface area contributed by atoms with Crippen molar-refractivity contribution in [2.24, 2.45) is 5.73 Å². The first kappa shape index (κ1) is 21.1. The third-order valence-electron chi connectivity index (χ3n) is 5.72. The monoisotopic (exact) mass is 412 g/mol. The number of fused-ring (bicyclic) bond motifs is 3. The number of hydrogen-bond acceptors (Lipinski definition) is 5. The van der Waals surface area contributed by atoms with Gasteiger partial charge in [0.2, 0.25) is 0 Å². The summed E-state index contributed by atoms with van der Waals surface area (Å²) in [4.78, 5) is 11.2. The molecule has 0 radical (unpaired) electrons. The molecule has 5 rings (SSSR count). The molecule has 3 aromatic rings. The second-order valence-electron chi connectivity index (χ2n) is 6.89. The Hall–Kier alpha value is -2.57. The lowest BCUT2D eigenvalue weighted by atomic mass is 9.64. The van der Waals surface area contributed by atoms with Gasteiger partial charge in [0.25, 0.3) is 0 Å². The van der Waals surface area contributed by atoms with Crippen LogP contribution >= 0.6 is 11.6 Å². The zero-order valence-electron chi connectivity index (χ0n) is 17.3. The van der Waals surface area contributed by atoms with Crippen molar-refractivity contribution >= 4 is 28.3 Å². The van der Waals surface area contributed by atoms with E-state index in [0.29, 0.717) is 11.6 Å². The van der Waals surface area contributed by atoms with Gasteiger partial charge in [-0.3, -0.25) is 4.98 Å². The van der Waals surface area contributed by atoms with Gasteiger partial charge in [0.15, 0.2) is 0 Å². The minimum Gasteiger partial charge on any atom is -0.337 e. The fraction of sp³-hybridized carbons (Fsp3) is 0.364. The van der Waals surface area contributed by atoms with Gasteiger partial charge >= 0.3 is 0 Å². The van der Waals surface area contributed by atoms with Crippen molar-refractivity contribution in [3.05, 3.63) is 65.3 Å². The number of aromatic nitrogens is 3. The summed E-state index contributed by atoms with van der Waals surface area (Å²) >= 11 is 6.08. The molecule has 1 spiro atoms. The predicted octanol–water partition coefficient (Wildman–Crippen LogP) is 4.36. The summed E-state index contributed by atoms with van der Waals surface area (Å²) in [6.07, 6.45) is 7.33. The minimum absolute atomic E-state index is 0.0764. The standard InChI is InChI=1S/C19H18ClN5.C2H6.CH5N/c1-12-19(6-2-7-19)14-5-8-22-10-17(14)24(12)11-18-23-15-9-13(20)3-4-16(15)25(18)21;2*1-2/h3-5,8-10H,1-2,6-7,11,21H2;1-2H3;2H2,1H3. The third kappa shape index (κ3) is 3.26. The zero-order chi connectivity index (χ0) is 21.2. The van der Waals surface area contributed by atoms with Crippen molar-refractivity contribution < 1.29 is 0 Å². The van der Waals surface area contributed by atoms with E-state index in [1.54, 1.807) is 4.68 Å². The maximum absolute atomic E-state index is 6.29. The fourth-order valence-electron chi connectivity index (χ4n) is 4.21. The molecule has 1 aliphatic carbocycles. The average Bonchev–Trinajstić information content (AvgIpc) is 3.16. The Kier molecular flexibility index (Phi) is 6.15. The highest BCUT2D eigenvalue weighted by Crippen LogP contribution is 2.57. The Morgan fingerprint density at radius 1 is 1.21 bits per heavy atom. The van der Waals surface area contributed by atoms with Crippen LogP contribution in [0.25, 0.3) is 11.0 Å². The van der Waals surface area contributed by atoms with E-state index in [4.69, 9.17) is 17.4 Å². The van der Waals surface area contributed by atoms with Crippen LogP contribution in [0.4, 0.5) is 5.69 Å². The van der Waals surface area contributed by atoms with E-state index in [2.05, 4.69) is 33.2 Å². The number of halogens is 1. The Balaban J connectivity index is 0.000000568. The average molecular weight is 413 g/mol. The molecule has 1 fully saturated rings. The largest absolute Gasteiger partial charge is 0.337 e. The van der Waals surface area contributed by atoms with Gasteiger partial charge < -0.3 is 16.5 Å². The first-order chi connectivity index (χ1) is 14.1. The second kappa shape index (κ2) is 8.43. The van der Waals surface area contributed by atoms with Gasteiger partial charge in [-0.05, 0) is 49.7 Å². The molecule has 29 heavy (non-hydrogen) atoms. The van der Waals surface area contributed by atoms with Crippen LogP contribution in [0.5, 0.6) is 0 Å². The Morgan fingerprint density at radius 3 is 2.59 bits per heavy atom. The molecule has 7 heteroatoms. The van der Waals surface area contributed by atoms with E-state index < -0.39 is 0 Å². The van der Waals surface area contributed by atoms with Crippen LogP contribution in [0, 0.1) is 0 Å². The van der Waals surface area contributed by atoms with E-state index in [9.17, 15) is 0 Å². The number of pyridine rings is 1. The van der Waals surface area contributed by atoms with Crippen LogP contribution in [0.3, 0.4) is 0 Å². The molecule has 1 aromatic carbocycles. The summed E-state index contributed by atoms with van der Waals surface area (Å²) in [5, 5.41) is 0.658. The topological polar surface area (TPSA) is 86.0 Å². The van der Waals surface area contributed by atoms with Gasteiger partial charge in [0, 0.05) is 22.3 Å². The van der Waals surface area contributed by atoms with E-state index in [-0.39, 0.29) is 5.41 Å². The highest BCUT2D eigenvalue weighted by molar-refractivity contribution is 6.31.